The summed E-state index contributed by atoms with van der Waals surface area (Å²) in [6.45, 7) is 2.44. The Bertz CT molecular complexity index is 581. The molecule has 1 aromatic heterocycles. The van der Waals surface area contributed by atoms with E-state index in [0.29, 0.717) is 12.1 Å². The topological polar surface area (TPSA) is 53.4 Å². The Morgan fingerprint density at radius 1 is 1.08 bits per heavy atom. The van der Waals surface area contributed by atoms with E-state index in [0.717, 1.165) is 31.4 Å². The highest BCUT2D eigenvalue weighted by Gasteiger charge is 1.96. The van der Waals surface area contributed by atoms with Crippen LogP contribution in [0.25, 0.3) is 6.08 Å². The molecule has 0 fully saturated rings. The Kier molecular flexibility index (Phi) is 12.2. The molecule has 0 aromatic carbocycles. The number of nitrogens with zero attached hydrogens (tertiary/aromatic N) is 1. The van der Waals surface area contributed by atoms with Gasteiger partial charge in [-0.3, -0.25) is 0 Å². The molecule has 0 radical (unpaired) electrons. The van der Waals surface area contributed by atoms with Crippen molar-refractivity contribution in [2.75, 3.05) is 6.61 Å². The molecule has 3 nitrogen and oxygen atoms in total. The van der Waals surface area contributed by atoms with Gasteiger partial charge in [0.05, 0.1) is 5.69 Å². The minimum Gasteiger partial charge on any atom is -0.396 e. The summed E-state index contributed by atoms with van der Waals surface area (Å²) < 4.78 is 0. The van der Waals surface area contributed by atoms with Crippen LogP contribution in [0.1, 0.15) is 69.7 Å². The lowest BCUT2D eigenvalue weighted by Crippen LogP contribution is -2.00. The van der Waals surface area contributed by atoms with Crippen LogP contribution in [0.4, 0.5) is 0 Å². The van der Waals surface area contributed by atoms with E-state index in [2.05, 4.69) is 35.9 Å². The van der Waals surface area contributed by atoms with Crippen molar-refractivity contribution in [3.05, 3.63) is 47.8 Å². The van der Waals surface area contributed by atoms with Crippen molar-refractivity contribution in [2.45, 2.75) is 64.4 Å². The van der Waals surface area contributed by atoms with Crippen molar-refractivity contribution in [3.63, 3.8) is 0 Å². The maximum atomic E-state index is 9.92. The first-order valence-corrected chi connectivity index (χ1v) is 9.35. The van der Waals surface area contributed by atoms with Crippen LogP contribution < -0.4 is 0 Å². The van der Waals surface area contributed by atoms with Gasteiger partial charge >= 0.3 is 0 Å². The molecule has 0 unspecified atom stereocenters. The quantitative estimate of drug-likeness (QED) is 0.354. The largest absolute Gasteiger partial charge is 0.396 e. The third-order valence-corrected chi connectivity index (χ3v) is 3.71. The van der Waals surface area contributed by atoms with Crippen molar-refractivity contribution < 1.29 is 10.2 Å². The second-order valence-electron chi connectivity index (χ2n) is 6.06. The SMILES string of the molecule is CCCCC/C=C\C[C@H](O)C#Cc1cccc(/C=C\CCCCO)n1. The standard InChI is InChI=1S/C22H31NO2/c1-2-3-4-5-6-10-16-22(25)18-17-21-15-12-14-20(23-21)13-9-7-8-11-19-24/h6,9-10,12-15,22,24-25H,2-5,7-8,11,16,19H2,1H3/b10-6-,13-9-/t22-/m0/s1. The monoisotopic (exact) mass is 341 g/mol. The van der Waals surface area contributed by atoms with Crippen molar-refractivity contribution in [1.29, 1.82) is 0 Å². The Balaban J connectivity index is 2.43. The number of hydrogen-bond acceptors (Lipinski definition) is 3. The van der Waals surface area contributed by atoms with Gasteiger partial charge in [-0.1, -0.05) is 50.0 Å². The van der Waals surface area contributed by atoms with E-state index >= 15 is 0 Å². The van der Waals surface area contributed by atoms with E-state index in [1.165, 1.54) is 19.3 Å². The molecule has 0 spiro atoms. The fraction of sp³-hybridized carbons (Fsp3) is 0.500. The van der Waals surface area contributed by atoms with Crippen molar-refractivity contribution in [2.24, 2.45) is 0 Å². The third kappa shape index (κ3) is 11.3. The molecule has 25 heavy (non-hydrogen) atoms. The van der Waals surface area contributed by atoms with Crippen LogP contribution in [0.15, 0.2) is 36.4 Å². The zero-order valence-corrected chi connectivity index (χ0v) is 15.3. The molecule has 0 bridgehead atoms. The summed E-state index contributed by atoms with van der Waals surface area (Å²) in [7, 11) is 0. The van der Waals surface area contributed by atoms with Crippen molar-refractivity contribution >= 4 is 6.08 Å². The van der Waals surface area contributed by atoms with Gasteiger partial charge in [0.2, 0.25) is 0 Å². The lowest BCUT2D eigenvalue weighted by atomic mass is 10.1. The van der Waals surface area contributed by atoms with E-state index < -0.39 is 6.10 Å². The minimum absolute atomic E-state index is 0.243. The Labute approximate surface area is 152 Å². The normalized spacial score (nSPS) is 12.4. The molecule has 0 amide bonds. The average molecular weight is 341 g/mol. The highest BCUT2D eigenvalue weighted by atomic mass is 16.3. The number of pyridine rings is 1. The predicted molar refractivity (Wildman–Crippen MR) is 105 cm³/mol. The van der Waals surface area contributed by atoms with Crippen LogP contribution in [-0.4, -0.2) is 27.9 Å². The zero-order chi connectivity index (χ0) is 18.2. The van der Waals surface area contributed by atoms with Crippen LogP contribution in [0.2, 0.25) is 0 Å². The molecule has 1 rings (SSSR count). The van der Waals surface area contributed by atoms with Gasteiger partial charge < -0.3 is 10.2 Å². The van der Waals surface area contributed by atoms with Crippen LogP contribution in [0.3, 0.4) is 0 Å². The number of unbranched alkanes of at least 4 members (excludes halogenated alkanes) is 5. The molecular formula is C22H31NO2. The lowest BCUT2D eigenvalue weighted by molar-refractivity contribution is 0.236. The third-order valence-electron chi connectivity index (χ3n) is 3.71. The van der Waals surface area contributed by atoms with Crippen molar-refractivity contribution in [1.82, 2.24) is 4.98 Å². The molecule has 0 saturated carbocycles. The number of rotatable bonds is 11. The minimum atomic E-state index is -0.651. The predicted octanol–water partition coefficient (Wildman–Crippen LogP) is 4.50. The average Bonchev–Trinajstić information content (AvgIpc) is 2.63. The van der Waals surface area contributed by atoms with Gasteiger partial charge in [0.15, 0.2) is 0 Å². The van der Waals surface area contributed by atoms with Gasteiger partial charge in [0.25, 0.3) is 0 Å². The molecule has 1 atom stereocenters. The van der Waals surface area contributed by atoms with Gasteiger partial charge in [-0.25, -0.2) is 4.98 Å². The van der Waals surface area contributed by atoms with E-state index in [-0.39, 0.29) is 6.61 Å². The smallest absolute Gasteiger partial charge is 0.118 e. The summed E-state index contributed by atoms with van der Waals surface area (Å²) in [4.78, 5) is 4.45. The van der Waals surface area contributed by atoms with E-state index in [4.69, 9.17) is 5.11 Å². The highest BCUT2D eigenvalue weighted by Crippen LogP contribution is 2.04. The van der Waals surface area contributed by atoms with Gasteiger partial charge in [-0.15, -0.1) is 0 Å². The van der Waals surface area contributed by atoms with Gasteiger partial charge in [-0.2, -0.15) is 0 Å². The summed E-state index contributed by atoms with van der Waals surface area (Å²) in [5, 5.41) is 18.7. The Hall–Kier alpha value is -1.89. The van der Waals surface area contributed by atoms with Gasteiger partial charge in [0.1, 0.15) is 11.8 Å². The first-order valence-electron chi connectivity index (χ1n) is 9.35. The fourth-order valence-corrected chi connectivity index (χ4v) is 2.26. The number of aliphatic hydroxyl groups is 2. The van der Waals surface area contributed by atoms with Crippen LogP contribution in [0.5, 0.6) is 0 Å². The molecule has 136 valence electrons. The molecule has 3 heteroatoms. The van der Waals surface area contributed by atoms with Crippen molar-refractivity contribution in [3.8, 4) is 11.8 Å². The second kappa shape index (κ2) is 14.5. The summed E-state index contributed by atoms with van der Waals surface area (Å²) in [5.41, 5.74) is 1.53. The summed E-state index contributed by atoms with van der Waals surface area (Å²) in [6, 6.07) is 5.71. The molecular weight excluding hydrogens is 310 g/mol. The molecule has 0 aliphatic heterocycles. The Morgan fingerprint density at radius 2 is 1.88 bits per heavy atom. The summed E-state index contributed by atoms with van der Waals surface area (Å²) in [5.74, 6) is 5.80. The number of allylic oxidation sites excluding steroid dienone is 2. The van der Waals surface area contributed by atoms with Crippen LogP contribution >= 0.6 is 0 Å². The number of aliphatic hydroxyl groups excluding tert-OH is 2. The van der Waals surface area contributed by atoms with E-state index in [1.807, 2.05) is 30.4 Å². The molecule has 0 saturated heterocycles. The molecule has 2 N–H and O–H groups in total. The van der Waals surface area contributed by atoms with E-state index in [1.54, 1.807) is 0 Å². The maximum absolute atomic E-state index is 9.92. The number of aromatic nitrogens is 1. The van der Waals surface area contributed by atoms with Gasteiger partial charge in [0, 0.05) is 13.0 Å². The fourth-order valence-electron chi connectivity index (χ4n) is 2.26. The second-order valence-corrected chi connectivity index (χ2v) is 6.06. The zero-order valence-electron chi connectivity index (χ0n) is 15.3. The summed E-state index contributed by atoms with van der Waals surface area (Å²) >= 11 is 0. The number of hydrogen-bond donors (Lipinski definition) is 2. The lowest BCUT2D eigenvalue weighted by Gasteiger charge is -1.98. The van der Waals surface area contributed by atoms with Crippen LogP contribution in [0, 0.1) is 11.8 Å². The maximum Gasteiger partial charge on any atom is 0.118 e. The summed E-state index contributed by atoms with van der Waals surface area (Å²) in [6.07, 6.45) is 15.6. The molecule has 0 aliphatic carbocycles. The molecule has 1 heterocycles. The molecule has 1 aromatic rings. The Morgan fingerprint density at radius 3 is 2.68 bits per heavy atom. The van der Waals surface area contributed by atoms with Crippen LogP contribution in [-0.2, 0) is 0 Å². The van der Waals surface area contributed by atoms with Gasteiger partial charge in [-0.05, 0) is 56.2 Å². The first-order chi connectivity index (χ1) is 12.3. The highest BCUT2D eigenvalue weighted by molar-refractivity contribution is 5.46. The van der Waals surface area contributed by atoms with E-state index in [9.17, 15) is 5.11 Å². The first kappa shape index (κ1) is 21.2. The molecule has 0 aliphatic rings.